The fraction of sp³-hybridized carbons (Fsp3) is 0.533. The molecule has 23 heavy (non-hydrogen) atoms. The minimum atomic E-state index is -3.85. The lowest BCUT2D eigenvalue weighted by Crippen LogP contribution is -2.37. The highest BCUT2D eigenvalue weighted by atomic mass is 32.2. The van der Waals surface area contributed by atoms with Crippen molar-refractivity contribution in [2.24, 2.45) is 11.3 Å². The molecule has 2 atom stereocenters. The van der Waals surface area contributed by atoms with Gasteiger partial charge in [0.1, 0.15) is 11.0 Å². The number of pyridine rings is 1. The van der Waals surface area contributed by atoms with Crippen molar-refractivity contribution >= 4 is 16.0 Å². The average Bonchev–Trinajstić information content (AvgIpc) is 3.05. The molecular weight excluding hydrogens is 318 g/mol. The van der Waals surface area contributed by atoms with Gasteiger partial charge in [0.15, 0.2) is 0 Å². The summed E-state index contributed by atoms with van der Waals surface area (Å²) in [4.78, 5) is 15.6. The number of hydrogen-bond acceptors (Lipinski definition) is 5. The summed E-state index contributed by atoms with van der Waals surface area (Å²) in [5.74, 6) is -1.07. The van der Waals surface area contributed by atoms with Crippen LogP contribution >= 0.6 is 0 Å². The number of aryl methyl sites for hydroxylation is 1. The van der Waals surface area contributed by atoms with Crippen LogP contribution in [-0.4, -0.2) is 41.9 Å². The van der Waals surface area contributed by atoms with E-state index in [1.54, 1.807) is 6.92 Å². The summed E-state index contributed by atoms with van der Waals surface area (Å²) < 4.78 is 26.8. The number of nitrogens with zero attached hydrogens (tertiary/aromatic N) is 3. The molecule has 3 rings (SSSR count). The molecule has 7 nitrogen and oxygen atoms in total. The van der Waals surface area contributed by atoms with E-state index in [0.29, 0.717) is 12.1 Å². The summed E-state index contributed by atoms with van der Waals surface area (Å²) in [5.41, 5.74) is -0.298. The second-order valence-electron chi connectivity index (χ2n) is 6.26. The van der Waals surface area contributed by atoms with Gasteiger partial charge in [-0.1, -0.05) is 6.42 Å². The number of aromatic nitrogens is 1. The van der Waals surface area contributed by atoms with Gasteiger partial charge in [0.05, 0.1) is 16.7 Å². The summed E-state index contributed by atoms with van der Waals surface area (Å²) >= 11 is 0. The fourth-order valence-electron chi connectivity index (χ4n) is 3.69. The van der Waals surface area contributed by atoms with Gasteiger partial charge in [-0.05, 0) is 31.7 Å². The maximum Gasteiger partial charge on any atom is 0.311 e. The van der Waals surface area contributed by atoms with E-state index in [4.69, 9.17) is 5.26 Å². The molecule has 0 aromatic carbocycles. The summed E-state index contributed by atoms with van der Waals surface area (Å²) in [6, 6.07) is 3.23. The van der Waals surface area contributed by atoms with E-state index in [-0.39, 0.29) is 29.5 Å². The van der Waals surface area contributed by atoms with E-state index < -0.39 is 21.4 Å². The van der Waals surface area contributed by atoms with Crippen molar-refractivity contribution in [3.63, 3.8) is 0 Å². The number of rotatable bonds is 3. The Morgan fingerprint density at radius 3 is 2.91 bits per heavy atom. The molecule has 0 amide bonds. The van der Waals surface area contributed by atoms with Gasteiger partial charge in [0.25, 0.3) is 0 Å². The molecule has 8 heteroatoms. The van der Waals surface area contributed by atoms with Crippen molar-refractivity contribution in [3.8, 4) is 6.07 Å². The third kappa shape index (κ3) is 2.31. The lowest BCUT2D eigenvalue weighted by molar-refractivity contribution is -0.149. The van der Waals surface area contributed by atoms with Gasteiger partial charge in [-0.25, -0.2) is 8.42 Å². The highest BCUT2D eigenvalue weighted by Gasteiger charge is 2.57. The molecule has 1 aromatic heterocycles. The maximum absolute atomic E-state index is 12.8. The second kappa shape index (κ2) is 5.28. The Labute approximate surface area is 134 Å². The van der Waals surface area contributed by atoms with Gasteiger partial charge >= 0.3 is 5.97 Å². The van der Waals surface area contributed by atoms with E-state index >= 15 is 0 Å². The SMILES string of the molecule is Cc1ncc(S(=O)(=O)N2C[C@@H]3CCC[C@@]3(C(=O)O)C2)cc1C#N. The molecule has 1 aliphatic carbocycles. The van der Waals surface area contributed by atoms with Crippen LogP contribution in [-0.2, 0) is 14.8 Å². The molecule has 2 heterocycles. The van der Waals surface area contributed by atoms with Crippen LogP contribution in [0.5, 0.6) is 0 Å². The molecule has 1 saturated carbocycles. The first kappa shape index (κ1) is 15.9. The molecule has 1 aromatic rings. The van der Waals surface area contributed by atoms with Gasteiger partial charge in [-0.15, -0.1) is 0 Å². The number of sulfonamides is 1. The molecule has 0 unspecified atom stereocenters. The Morgan fingerprint density at radius 2 is 2.30 bits per heavy atom. The lowest BCUT2D eigenvalue weighted by Gasteiger charge is -2.23. The van der Waals surface area contributed by atoms with Crippen LogP contribution in [0.3, 0.4) is 0 Å². The van der Waals surface area contributed by atoms with Gasteiger partial charge in [-0.3, -0.25) is 9.78 Å². The Hall–Kier alpha value is -1.98. The summed E-state index contributed by atoms with van der Waals surface area (Å²) in [5, 5.41) is 18.6. The number of carbonyl (C=O) groups is 1. The summed E-state index contributed by atoms with van der Waals surface area (Å²) in [7, 11) is -3.85. The predicted molar refractivity (Wildman–Crippen MR) is 79.9 cm³/mol. The van der Waals surface area contributed by atoms with Crippen molar-refractivity contribution in [1.29, 1.82) is 5.26 Å². The van der Waals surface area contributed by atoms with Crippen molar-refractivity contribution < 1.29 is 18.3 Å². The average molecular weight is 335 g/mol. The Morgan fingerprint density at radius 1 is 1.57 bits per heavy atom. The second-order valence-corrected chi connectivity index (χ2v) is 8.20. The monoisotopic (exact) mass is 335 g/mol. The number of carboxylic acid groups (broad SMARTS) is 1. The first-order valence-electron chi connectivity index (χ1n) is 7.41. The zero-order valence-corrected chi connectivity index (χ0v) is 13.5. The predicted octanol–water partition coefficient (Wildman–Crippen LogP) is 1.14. The minimum absolute atomic E-state index is 0.00883. The Bertz CT molecular complexity index is 815. The van der Waals surface area contributed by atoms with E-state index in [1.807, 2.05) is 6.07 Å². The smallest absolute Gasteiger partial charge is 0.311 e. The molecule has 1 N–H and O–H groups in total. The van der Waals surface area contributed by atoms with Crippen molar-refractivity contribution in [1.82, 2.24) is 9.29 Å². The highest BCUT2D eigenvalue weighted by Crippen LogP contribution is 2.50. The zero-order chi connectivity index (χ0) is 16.8. The number of carboxylic acids is 1. The summed E-state index contributed by atoms with van der Waals surface area (Å²) in [6.07, 6.45) is 3.28. The third-order valence-corrected chi connectivity index (χ3v) is 6.86. The Kier molecular flexibility index (Phi) is 3.65. The molecule has 0 bridgehead atoms. The molecule has 0 spiro atoms. The van der Waals surface area contributed by atoms with Crippen molar-refractivity contribution in [2.45, 2.75) is 31.1 Å². The van der Waals surface area contributed by atoms with Crippen LogP contribution in [0.25, 0.3) is 0 Å². The first-order chi connectivity index (χ1) is 10.8. The molecule has 2 aliphatic rings. The van der Waals surface area contributed by atoms with Crippen molar-refractivity contribution in [3.05, 3.63) is 23.5 Å². The topological polar surface area (TPSA) is 111 Å². The van der Waals surface area contributed by atoms with Crippen molar-refractivity contribution in [2.75, 3.05) is 13.1 Å². The number of fused-ring (bicyclic) bond motifs is 1. The van der Waals surface area contributed by atoms with Gasteiger partial charge in [-0.2, -0.15) is 9.57 Å². The van der Waals surface area contributed by atoms with E-state index in [2.05, 4.69) is 4.98 Å². The molecular formula is C15H17N3O4S. The molecule has 2 fully saturated rings. The Balaban J connectivity index is 1.96. The standard InChI is InChI=1S/C15H17N3O4S/c1-10-11(6-16)5-13(7-17-10)23(21,22)18-8-12-3-2-4-15(12,9-18)14(19)20/h5,7,12H,2-4,8-9H2,1H3,(H,19,20)/t12-,15+/m0/s1. The molecule has 0 radical (unpaired) electrons. The quantitative estimate of drug-likeness (QED) is 0.886. The van der Waals surface area contributed by atoms with Gasteiger partial charge < -0.3 is 5.11 Å². The van der Waals surface area contributed by atoms with Crippen LogP contribution in [0.1, 0.15) is 30.5 Å². The molecule has 1 aliphatic heterocycles. The number of nitriles is 1. The van der Waals surface area contributed by atoms with E-state index in [9.17, 15) is 18.3 Å². The van der Waals surface area contributed by atoms with Crippen LogP contribution in [0.15, 0.2) is 17.2 Å². The van der Waals surface area contributed by atoms with E-state index in [1.165, 1.54) is 16.6 Å². The number of hydrogen-bond donors (Lipinski definition) is 1. The van der Waals surface area contributed by atoms with Crippen LogP contribution in [0.2, 0.25) is 0 Å². The fourth-order valence-corrected chi connectivity index (χ4v) is 5.22. The normalized spacial score (nSPS) is 27.6. The zero-order valence-electron chi connectivity index (χ0n) is 12.7. The number of aliphatic carboxylic acids is 1. The summed E-state index contributed by atoms with van der Waals surface area (Å²) in [6.45, 7) is 1.84. The van der Waals surface area contributed by atoms with E-state index in [0.717, 1.165) is 12.8 Å². The van der Waals surface area contributed by atoms with Gasteiger partial charge in [0.2, 0.25) is 10.0 Å². The largest absolute Gasteiger partial charge is 0.481 e. The minimum Gasteiger partial charge on any atom is -0.481 e. The van der Waals surface area contributed by atoms with Crippen LogP contribution in [0, 0.1) is 29.6 Å². The van der Waals surface area contributed by atoms with Gasteiger partial charge in [0, 0.05) is 19.3 Å². The molecule has 122 valence electrons. The van der Waals surface area contributed by atoms with Crippen LogP contribution < -0.4 is 0 Å². The van der Waals surface area contributed by atoms with Crippen LogP contribution in [0.4, 0.5) is 0 Å². The lowest BCUT2D eigenvalue weighted by atomic mass is 9.81. The highest BCUT2D eigenvalue weighted by molar-refractivity contribution is 7.89. The first-order valence-corrected chi connectivity index (χ1v) is 8.85. The molecule has 1 saturated heterocycles. The third-order valence-electron chi connectivity index (χ3n) is 5.09. The maximum atomic E-state index is 12.8.